The predicted octanol–water partition coefficient (Wildman–Crippen LogP) is 0.225. The monoisotopic (exact) mass is 270 g/mol. The Hall–Kier alpha value is -1.18. The maximum Gasteiger partial charge on any atom is 0.244 e. The molecule has 0 saturated carbocycles. The van der Waals surface area contributed by atoms with Crippen molar-refractivity contribution in [1.29, 1.82) is 0 Å². The Kier molecular flexibility index (Phi) is 3.84. The smallest absolute Gasteiger partial charge is 0.244 e. The molecule has 1 aromatic rings. The van der Waals surface area contributed by atoms with Crippen LogP contribution in [0, 0.1) is 13.8 Å². The molecule has 0 unspecified atom stereocenters. The van der Waals surface area contributed by atoms with Gasteiger partial charge >= 0.3 is 0 Å². The van der Waals surface area contributed by atoms with Crippen LogP contribution in [-0.2, 0) is 10.0 Å². The topological polar surface area (TPSA) is 86.9 Å². The summed E-state index contributed by atoms with van der Waals surface area (Å²) in [6, 6.07) is 0. The fourth-order valence-corrected chi connectivity index (χ4v) is 3.43. The summed E-state index contributed by atoms with van der Waals surface area (Å²) in [6.45, 7) is 5.46. The minimum atomic E-state index is -3.48. The highest BCUT2D eigenvalue weighted by Crippen LogP contribution is 2.16. The molecule has 0 saturated heterocycles. The van der Waals surface area contributed by atoms with Crippen LogP contribution in [-0.4, -0.2) is 38.2 Å². The zero-order valence-electron chi connectivity index (χ0n) is 10.6. The van der Waals surface area contributed by atoms with Gasteiger partial charge in [-0.3, -0.25) is 5.10 Å². The number of aromatic nitrogens is 2. The SMILES string of the molecule is Cc1n[nH]c(C)c1S(=O)(=O)NCC1=CCNCC1. The van der Waals surface area contributed by atoms with Gasteiger partial charge in [-0.15, -0.1) is 0 Å². The standard InChI is InChI=1S/C11H18N4O2S/c1-8-11(9(2)15-14-8)18(16,17)13-7-10-3-5-12-6-4-10/h3,12-13H,4-7H2,1-2H3,(H,14,15). The molecular formula is C11H18N4O2S. The predicted molar refractivity (Wildman–Crippen MR) is 68.8 cm³/mol. The highest BCUT2D eigenvalue weighted by atomic mass is 32.2. The number of nitrogens with zero attached hydrogens (tertiary/aromatic N) is 1. The van der Waals surface area contributed by atoms with Crippen LogP contribution in [0.5, 0.6) is 0 Å². The van der Waals surface area contributed by atoms with E-state index in [1.807, 2.05) is 6.08 Å². The molecule has 0 bridgehead atoms. The molecule has 18 heavy (non-hydrogen) atoms. The van der Waals surface area contributed by atoms with Gasteiger partial charge in [-0.1, -0.05) is 11.6 Å². The van der Waals surface area contributed by atoms with Gasteiger partial charge in [0.15, 0.2) is 0 Å². The van der Waals surface area contributed by atoms with Crippen LogP contribution in [0.2, 0.25) is 0 Å². The fraction of sp³-hybridized carbons (Fsp3) is 0.545. The molecular weight excluding hydrogens is 252 g/mol. The second kappa shape index (κ2) is 5.21. The Morgan fingerprint density at radius 1 is 1.44 bits per heavy atom. The summed E-state index contributed by atoms with van der Waals surface area (Å²) in [7, 11) is -3.48. The molecule has 0 fully saturated rings. The van der Waals surface area contributed by atoms with Gasteiger partial charge in [0.05, 0.1) is 11.4 Å². The first kappa shape index (κ1) is 13.3. The Labute approximate surface area is 107 Å². The lowest BCUT2D eigenvalue weighted by atomic mass is 10.1. The quantitative estimate of drug-likeness (QED) is 0.683. The van der Waals surface area contributed by atoms with E-state index in [2.05, 4.69) is 20.2 Å². The van der Waals surface area contributed by atoms with Crippen molar-refractivity contribution in [2.45, 2.75) is 25.2 Å². The maximum absolute atomic E-state index is 12.2. The second-order valence-corrected chi connectivity index (χ2v) is 6.11. The van der Waals surface area contributed by atoms with Gasteiger partial charge in [-0.05, 0) is 26.8 Å². The summed E-state index contributed by atoms with van der Waals surface area (Å²) < 4.78 is 27.0. The van der Waals surface area contributed by atoms with Gasteiger partial charge < -0.3 is 5.32 Å². The van der Waals surface area contributed by atoms with Crippen molar-refractivity contribution in [2.75, 3.05) is 19.6 Å². The van der Waals surface area contributed by atoms with E-state index >= 15 is 0 Å². The number of aryl methyl sites for hydroxylation is 2. The zero-order valence-corrected chi connectivity index (χ0v) is 11.4. The molecule has 100 valence electrons. The third-order valence-electron chi connectivity index (χ3n) is 2.98. The minimum Gasteiger partial charge on any atom is -0.313 e. The van der Waals surface area contributed by atoms with Crippen molar-refractivity contribution in [3.05, 3.63) is 23.0 Å². The average Bonchev–Trinajstić information content (AvgIpc) is 2.69. The van der Waals surface area contributed by atoms with Crippen molar-refractivity contribution in [1.82, 2.24) is 20.2 Å². The molecule has 6 nitrogen and oxygen atoms in total. The number of sulfonamides is 1. The lowest BCUT2D eigenvalue weighted by Gasteiger charge is -2.14. The Morgan fingerprint density at radius 3 is 2.78 bits per heavy atom. The lowest BCUT2D eigenvalue weighted by Crippen LogP contribution is -2.30. The van der Waals surface area contributed by atoms with Crippen molar-refractivity contribution in [3.8, 4) is 0 Å². The summed E-state index contributed by atoms with van der Waals surface area (Å²) in [5, 5.41) is 9.78. The van der Waals surface area contributed by atoms with Crippen molar-refractivity contribution < 1.29 is 8.42 Å². The summed E-state index contributed by atoms with van der Waals surface area (Å²) in [5.41, 5.74) is 2.19. The fourth-order valence-electron chi connectivity index (χ4n) is 2.03. The Balaban J connectivity index is 2.10. The van der Waals surface area contributed by atoms with E-state index in [4.69, 9.17) is 0 Å². The molecule has 2 rings (SSSR count). The van der Waals surface area contributed by atoms with Gasteiger partial charge in [-0.2, -0.15) is 5.10 Å². The molecule has 0 aliphatic carbocycles. The van der Waals surface area contributed by atoms with Crippen molar-refractivity contribution in [2.24, 2.45) is 0 Å². The second-order valence-electron chi connectivity index (χ2n) is 4.40. The van der Waals surface area contributed by atoms with Crippen LogP contribution in [0.3, 0.4) is 0 Å². The largest absolute Gasteiger partial charge is 0.313 e. The molecule has 0 aromatic carbocycles. The van der Waals surface area contributed by atoms with E-state index in [1.54, 1.807) is 13.8 Å². The third kappa shape index (κ3) is 2.80. The first-order chi connectivity index (χ1) is 8.50. The molecule has 7 heteroatoms. The van der Waals surface area contributed by atoms with E-state index < -0.39 is 10.0 Å². The van der Waals surface area contributed by atoms with E-state index in [9.17, 15) is 8.42 Å². The summed E-state index contributed by atoms with van der Waals surface area (Å²) >= 11 is 0. The summed E-state index contributed by atoms with van der Waals surface area (Å²) in [5.74, 6) is 0. The van der Waals surface area contributed by atoms with Crippen LogP contribution in [0.15, 0.2) is 16.5 Å². The Bertz CT molecular complexity index is 540. The Morgan fingerprint density at radius 2 is 2.22 bits per heavy atom. The summed E-state index contributed by atoms with van der Waals surface area (Å²) in [4.78, 5) is 0.261. The van der Waals surface area contributed by atoms with Crippen LogP contribution >= 0.6 is 0 Å². The first-order valence-corrected chi connectivity index (χ1v) is 7.39. The number of aromatic amines is 1. The van der Waals surface area contributed by atoms with E-state index in [1.165, 1.54) is 0 Å². The number of rotatable bonds is 4. The number of H-pyrrole nitrogens is 1. The zero-order chi connectivity index (χ0) is 13.2. The van der Waals surface area contributed by atoms with Gasteiger partial charge in [-0.25, -0.2) is 13.1 Å². The molecule has 0 atom stereocenters. The third-order valence-corrected chi connectivity index (χ3v) is 4.64. The van der Waals surface area contributed by atoms with Crippen LogP contribution in [0.25, 0.3) is 0 Å². The van der Waals surface area contributed by atoms with Crippen molar-refractivity contribution >= 4 is 10.0 Å². The highest BCUT2D eigenvalue weighted by Gasteiger charge is 2.22. The molecule has 2 heterocycles. The lowest BCUT2D eigenvalue weighted by molar-refractivity contribution is 0.581. The van der Waals surface area contributed by atoms with Crippen LogP contribution in [0.1, 0.15) is 17.8 Å². The molecule has 0 spiro atoms. The first-order valence-electron chi connectivity index (χ1n) is 5.90. The summed E-state index contributed by atoms with van der Waals surface area (Å²) in [6.07, 6.45) is 2.91. The number of hydrogen-bond acceptors (Lipinski definition) is 4. The molecule has 1 aliphatic rings. The molecule has 0 amide bonds. The minimum absolute atomic E-state index is 0.261. The molecule has 3 N–H and O–H groups in total. The average molecular weight is 270 g/mol. The van der Waals surface area contributed by atoms with Gasteiger partial charge in [0.1, 0.15) is 4.90 Å². The molecule has 1 aliphatic heterocycles. The van der Waals surface area contributed by atoms with Crippen molar-refractivity contribution in [3.63, 3.8) is 0 Å². The number of hydrogen-bond donors (Lipinski definition) is 3. The van der Waals surface area contributed by atoms with Crippen LogP contribution in [0.4, 0.5) is 0 Å². The molecule has 0 radical (unpaired) electrons. The molecule has 1 aromatic heterocycles. The number of nitrogens with one attached hydrogen (secondary N) is 3. The van der Waals surface area contributed by atoms with E-state index in [0.717, 1.165) is 25.1 Å². The van der Waals surface area contributed by atoms with Crippen LogP contribution < -0.4 is 10.0 Å². The highest BCUT2D eigenvalue weighted by molar-refractivity contribution is 7.89. The maximum atomic E-state index is 12.2. The normalized spacial score (nSPS) is 16.7. The van der Waals surface area contributed by atoms with Gasteiger partial charge in [0.2, 0.25) is 10.0 Å². The van der Waals surface area contributed by atoms with Gasteiger partial charge in [0, 0.05) is 13.1 Å². The van der Waals surface area contributed by atoms with Gasteiger partial charge in [0.25, 0.3) is 0 Å². The van der Waals surface area contributed by atoms with E-state index in [-0.39, 0.29) is 4.90 Å². The van der Waals surface area contributed by atoms with E-state index in [0.29, 0.717) is 17.9 Å².